The summed E-state index contributed by atoms with van der Waals surface area (Å²) in [5.74, 6) is 0.551. The van der Waals surface area contributed by atoms with Crippen molar-refractivity contribution in [3.8, 4) is 11.4 Å². The quantitative estimate of drug-likeness (QED) is 0.530. The lowest BCUT2D eigenvalue weighted by molar-refractivity contribution is -0.385. The normalized spacial score (nSPS) is 13.8. The first-order valence-corrected chi connectivity index (χ1v) is 9.56. The molecule has 148 valence electrons. The van der Waals surface area contributed by atoms with E-state index in [1.54, 1.807) is 18.5 Å². The van der Waals surface area contributed by atoms with Crippen LogP contribution < -0.4 is 5.56 Å². The molecule has 0 spiro atoms. The maximum Gasteiger partial charge on any atom is 0.272 e. The SMILES string of the molecule is CCc1ccc(CN2CCc3nc(-c4ccncc4)[nH]c(=O)c3C2)cc1[N+](=O)[O-]. The Kier molecular flexibility index (Phi) is 5.18. The molecule has 0 saturated carbocycles. The summed E-state index contributed by atoms with van der Waals surface area (Å²) in [5.41, 5.74) is 3.91. The predicted octanol–water partition coefficient (Wildman–Crippen LogP) is 2.86. The van der Waals surface area contributed by atoms with Gasteiger partial charge in [-0.3, -0.25) is 24.8 Å². The molecule has 0 fully saturated rings. The first-order chi connectivity index (χ1) is 14.0. The van der Waals surface area contributed by atoms with Crippen molar-refractivity contribution in [1.82, 2.24) is 19.9 Å². The average Bonchev–Trinajstić information content (AvgIpc) is 2.74. The molecule has 3 aromatic rings. The standard InChI is InChI=1S/C21H21N5O3/c1-2-15-4-3-14(11-19(15)26(28)29)12-25-10-7-18-17(13-25)21(27)24-20(23-18)16-5-8-22-9-6-16/h3-6,8-9,11H,2,7,10,12-13H2,1H3,(H,23,24,27). The summed E-state index contributed by atoms with van der Waals surface area (Å²) in [5, 5.41) is 11.3. The van der Waals surface area contributed by atoms with Gasteiger partial charge in [0.15, 0.2) is 0 Å². The first kappa shape index (κ1) is 18.9. The zero-order chi connectivity index (χ0) is 20.4. The zero-order valence-corrected chi connectivity index (χ0v) is 16.1. The zero-order valence-electron chi connectivity index (χ0n) is 16.1. The van der Waals surface area contributed by atoms with Crippen LogP contribution in [0.5, 0.6) is 0 Å². The van der Waals surface area contributed by atoms with Crippen LogP contribution >= 0.6 is 0 Å². The molecule has 0 unspecified atom stereocenters. The van der Waals surface area contributed by atoms with E-state index in [0.29, 0.717) is 37.3 Å². The number of fused-ring (bicyclic) bond motifs is 1. The number of benzene rings is 1. The monoisotopic (exact) mass is 391 g/mol. The van der Waals surface area contributed by atoms with E-state index in [2.05, 4.69) is 19.9 Å². The first-order valence-electron chi connectivity index (χ1n) is 9.56. The second-order valence-corrected chi connectivity index (χ2v) is 7.11. The molecule has 2 aromatic heterocycles. The minimum atomic E-state index is -0.330. The number of hydrogen-bond acceptors (Lipinski definition) is 6. The van der Waals surface area contributed by atoms with Gasteiger partial charge >= 0.3 is 0 Å². The van der Waals surface area contributed by atoms with Crippen molar-refractivity contribution in [3.05, 3.63) is 85.6 Å². The van der Waals surface area contributed by atoms with Gasteiger partial charge in [-0.25, -0.2) is 4.98 Å². The van der Waals surface area contributed by atoms with Gasteiger partial charge in [0, 0.05) is 55.6 Å². The Morgan fingerprint density at radius 1 is 1.24 bits per heavy atom. The third kappa shape index (κ3) is 3.93. The maximum atomic E-state index is 12.7. The summed E-state index contributed by atoms with van der Waals surface area (Å²) in [6.07, 6.45) is 4.61. The average molecular weight is 391 g/mol. The molecule has 1 N–H and O–H groups in total. The summed E-state index contributed by atoms with van der Waals surface area (Å²) in [6.45, 7) is 3.67. The molecular formula is C21H21N5O3. The summed E-state index contributed by atoms with van der Waals surface area (Å²) in [7, 11) is 0. The molecule has 4 rings (SSSR count). The molecule has 3 heterocycles. The van der Waals surface area contributed by atoms with Crippen molar-refractivity contribution in [2.24, 2.45) is 0 Å². The van der Waals surface area contributed by atoms with Crippen molar-refractivity contribution in [1.29, 1.82) is 0 Å². The highest BCUT2D eigenvalue weighted by molar-refractivity contribution is 5.54. The number of nitro benzene ring substituents is 1. The van der Waals surface area contributed by atoms with Crippen LogP contribution in [0.2, 0.25) is 0 Å². The number of nitro groups is 1. The van der Waals surface area contributed by atoms with E-state index in [9.17, 15) is 14.9 Å². The largest absolute Gasteiger partial charge is 0.306 e. The molecule has 0 atom stereocenters. The summed E-state index contributed by atoms with van der Waals surface area (Å²) in [6, 6.07) is 9.01. The fourth-order valence-corrected chi connectivity index (χ4v) is 3.70. The maximum absolute atomic E-state index is 12.7. The second kappa shape index (κ2) is 7.92. The molecule has 8 nitrogen and oxygen atoms in total. The van der Waals surface area contributed by atoms with Gasteiger partial charge in [-0.2, -0.15) is 0 Å². The molecule has 0 amide bonds. The van der Waals surface area contributed by atoms with Gasteiger partial charge in [0.2, 0.25) is 0 Å². The number of rotatable bonds is 5. The molecule has 8 heteroatoms. The van der Waals surface area contributed by atoms with Gasteiger partial charge in [0.25, 0.3) is 11.2 Å². The van der Waals surface area contributed by atoms with Crippen molar-refractivity contribution in [3.63, 3.8) is 0 Å². The molecular weight excluding hydrogens is 370 g/mol. The van der Waals surface area contributed by atoms with Crippen LogP contribution in [0, 0.1) is 10.1 Å². The van der Waals surface area contributed by atoms with Crippen LogP contribution in [0.15, 0.2) is 47.5 Å². The third-order valence-corrected chi connectivity index (χ3v) is 5.23. The summed E-state index contributed by atoms with van der Waals surface area (Å²) in [4.78, 5) is 37.3. The lowest BCUT2D eigenvalue weighted by atomic mass is 10.0. The number of pyridine rings is 1. The van der Waals surface area contributed by atoms with Crippen LogP contribution in [-0.4, -0.2) is 31.3 Å². The third-order valence-electron chi connectivity index (χ3n) is 5.23. The number of aryl methyl sites for hydroxylation is 1. The highest BCUT2D eigenvalue weighted by Crippen LogP contribution is 2.24. The molecule has 0 bridgehead atoms. The molecule has 0 radical (unpaired) electrons. The molecule has 1 aromatic carbocycles. The Morgan fingerprint density at radius 3 is 2.76 bits per heavy atom. The molecule has 1 aliphatic rings. The Hall–Kier alpha value is -3.39. The Labute approximate surface area is 167 Å². The van der Waals surface area contributed by atoms with E-state index < -0.39 is 0 Å². The number of nitrogens with one attached hydrogen (secondary N) is 1. The molecule has 0 saturated heterocycles. The van der Waals surface area contributed by atoms with Crippen molar-refractivity contribution < 1.29 is 4.92 Å². The van der Waals surface area contributed by atoms with Gasteiger partial charge in [0.1, 0.15) is 5.82 Å². The van der Waals surface area contributed by atoms with E-state index >= 15 is 0 Å². The number of hydrogen-bond donors (Lipinski definition) is 1. The lowest BCUT2D eigenvalue weighted by Gasteiger charge is -2.27. The van der Waals surface area contributed by atoms with Gasteiger partial charge in [0.05, 0.1) is 16.2 Å². The minimum Gasteiger partial charge on any atom is -0.306 e. The highest BCUT2D eigenvalue weighted by atomic mass is 16.6. The van der Waals surface area contributed by atoms with Gasteiger partial charge in [-0.15, -0.1) is 0 Å². The Balaban J connectivity index is 1.56. The van der Waals surface area contributed by atoms with Crippen LogP contribution in [0.25, 0.3) is 11.4 Å². The predicted molar refractivity (Wildman–Crippen MR) is 108 cm³/mol. The molecule has 0 aliphatic carbocycles. The summed E-state index contributed by atoms with van der Waals surface area (Å²) < 4.78 is 0. The molecule has 29 heavy (non-hydrogen) atoms. The smallest absolute Gasteiger partial charge is 0.272 e. The highest BCUT2D eigenvalue weighted by Gasteiger charge is 2.22. The fourth-order valence-electron chi connectivity index (χ4n) is 3.70. The van der Waals surface area contributed by atoms with E-state index in [-0.39, 0.29) is 16.2 Å². The second-order valence-electron chi connectivity index (χ2n) is 7.11. The van der Waals surface area contributed by atoms with Crippen LogP contribution in [0.1, 0.15) is 29.3 Å². The van der Waals surface area contributed by atoms with Crippen molar-refractivity contribution in [2.45, 2.75) is 32.9 Å². The number of aromatic nitrogens is 3. The minimum absolute atomic E-state index is 0.140. The molecule has 1 aliphatic heterocycles. The van der Waals surface area contributed by atoms with Gasteiger partial charge in [-0.05, 0) is 24.1 Å². The van der Waals surface area contributed by atoms with Crippen LogP contribution in [0.3, 0.4) is 0 Å². The number of H-pyrrole nitrogens is 1. The van der Waals surface area contributed by atoms with Crippen LogP contribution in [0.4, 0.5) is 5.69 Å². The van der Waals surface area contributed by atoms with Crippen molar-refractivity contribution in [2.75, 3.05) is 6.54 Å². The van der Waals surface area contributed by atoms with Crippen molar-refractivity contribution >= 4 is 5.69 Å². The van der Waals surface area contributed by atoms with E-state index in [4.69, 9.17) is 0 Å². The Bertz CT molecular complexity index is 1110. The lowest BCUT2D eigenvalue weighted by Crippen LogP contribution is -2.35. The van der Waals surface area contributed by atoms with E-state index in [1.165, 1.54) is 0 Å². The number of nitrogens with zero attached hydrogens (tertiary/aromatic N) is 4. The van der Waals surface area contributed by atoms with E-state index in [0.717, 1.165) is 28.9 Å². The Morgan fingerprint density at radius 2 is 2.03 bits per heavy atom. The fraction of sp³-hybridized carbons (Fsp3) is 0.286. The van der Waals surface area contributed by atoms with Gasteiger partial charge in [-0.1, -0.05) is 19.1 Å². The van der Waals surface area contributed by atoms with Crippen LogP contribution in [-0.2, 0) is 25.9 Å². The number of aromatic amines is 1. The summed E-state index contributed by atoms with van der Waals surface area (Å²) >= 11 is 0. The topological polar surface area (TPSA) is 105 Å². The van der Waals surface area contributed by atoms with E-state index in [1.807, 2.05) is 31.2 Å². The van der Waals surface area contributed by atoms with Gasteiger partial charge < -0.3 is 4.98 Å².